The van der Waals surface area contributed by atoms with Gasteiger partial charge in [-0.2, -0.15) is 0 Å². The zero-order valence-corrected chi connectivity index (χ0v) is 12.9. The van der Waals surface area contributed by atoms with Crippen LogP contribution in [0, 0.1) is 5.41 Å². The summed E-state index contributed by atoms with van der Waals surface area (Å²) >= 11 is 0. The van der Waals surface area contributed by atoms with E-state index in [-0.39, 0.29) is 17.4 Å². The summed E-state index contributed by atoms with van der Waals surface area (Å²) in [6.45, 7) is 7.12. The fraction of sp³-hybridized carbons (Fsp3) is 0.562. The van der Waals surface area contributed by atoms with E-state index < -0.39 is 0 Å². The van der Waals surface area contributed by atoms with Crippen molar-refractivity contribution in [1.29, 1.82) is 0 Å². The summed E-state index contributed by atoms with van der Waals surface area (Å²) < 4.78 is 1.99. The number of hydrogen-bond donors (Lipinski definition) is 0. The van der Waals surface area contributed by atoms with Gasteiger partial charge in [0.2, 0.25) is 5.91 Å². The molecule has 1 fully saturated rings. The molecule has 5 heteroatoms. The van der Waals surface area contributed by atoms with E-state index in [0.717, 1.165) is 30.9 Å². The van der Waals surface area contributed by atoms with Crippen molar-refractivity contribution in [2.24, 2.45) is 5.41 Å². The van der Waals surface area contributed by atoms with Gasteiger partial charge in [0.05, 0.1) is 6.04 Å². The van der Waals surface area contributed by atoms with E-state index in [4.69, 9.17) is 0 Å². The van der Waals surface area contributed by atoms with Crippen molar-refractivity contribution in [3.8, 4) is 0 Å². The molecule has 1 amide bonds. The van der Waals surface area contributed by atoms with E-state index in [9.17, 15) is 4.79 Å². The first-order valence-electron chi connectivity index (χ1n) is 7.55. The fourth-order valence-corrected chi connectivity index (χ4v) is 2.98. The highest BCUT2D eigenvalue weighted by Gasteiger charge is 2.34. The van der Waals surface area contributed by atoms with Gasteiger partial charge in [-0.1, -0.05) is 26.8 Å². The van der Waals surface area contributed by atoms with Crippen molar-refractivity contribution in [3.05, 3.63) is 30.2 Å². The molecular formula is C16H22N4O. The predicted molar refractivity (Wildman–Crippen MR) is 80.7 cm³/mol. The number of amides is 1. The van der Waals surface area contributed by atoms with Crippen LogP contribution in [0.4, 0.5) is 0 Å². The molecule has 0 radical (unpaired) electrons. The predicted octanol–water partition coefficient (Wildman–Crippen LogP) is 2.83. The van der Waals surface area contributed by atoms with Crippen molar-refractivity contribution < 1.29 is 4.79 Å². The Morgan fingerprint density at radius 2 is 2.14 bits per heavy atom. The Morgan fingerprint density at radius 1 is 1.33 bits per heavy atom. The molecule has 0 aliphatic carbocycles. The molecule has 3 rings (SSSR count). The average Bonchev–Trinajstić information content (AvgIpc) is 3.02. The van der Waals surface area contributed by atoms with Crippen LogP contribution in [0.3, 0.4) is 0 Å². The highest BCUT2D eigenvalue weighted by Crippen LogP contribution is 2.33. The summed E-state index contributed by atoms with van der Waals surface area (Å²) in [6.07, 6.45) is 4.53. The summed E-state index contributed by atoms with van der Waals surface area (Å²) in [7, 11) is 0. The smallest absolute Gasteiger partial charge is 0.223 e. The number of carbonyl (C=O) groups is 1. The molecule has 0 saturated carbocycles. The third-order valence-corrected chi connectivity index (χ3v) is 3.89. The van der Waals surface area contributed by atoms with Crippen LogP contribution in [-0.4, -0.2) is 31.9 Å². The van der Waals surface area contributed by atoms with Crippen LogP contribution >= 0.6 is 0 Å². The maximum absolute atomic E-state index is 12.6. The summed E-state index contributed by atoms with van der Waals surface area (Å²) in [5.41, 5.74) is 0.847. The lowest BCUT2D eigenvalue weighted by molar-refractivity contribution is -0.134. The Labute approximate surface area is 125 Å². The van der Waals surface area contributed by atoms with Gasteiger partial charge in [0.25, 0.3) is 0 Å². The molecule has 0 spiro atoms. The van der Waals surface area contributed by atoms with E-state index in [1.165, 1.54) is 0 Å². The van der Waals surface area contributed by atoms with Gasteiger partial charge in [-0.15, -0.1) is 10.2 Å². The van der Waals surface area contributed by atoms with Crippen LogP contribution in [0.2, 0.25) is 0 Å². The molecule has 1 atom stereocenters. The number of pyridine rings is 1. The largest absolute Gasteiger partial charge is 0.332 e. The number of likely N-dealkylation sites (tertiary alicyclic amines) is 1. The van der Waals surface area contributed by atoms with Gasteiger partial charge in [0.15, 0.2) is 11.5 Å². The van der Waals surface area contributed by atoms with E-state index >= 15 is 0 Å². The Morgan fingerprint density at radius 3 is 2.90 bits per heavy atom. The van der Waals surface area contributed by atoms with Gasteiger partial charge < -0.3 is 4.90 Å². The van der Waals surface area contributed by atoms with Crippen molar-refractivity contribution in [2.45, 2.75) is 46.1 Å². The van der Waals surface area contributed by atoms with Crippen LogP contribution in [-0.2, 0) is 4.79 Å². The molecule has 0 bridgehead atoms. The van der Waals surface area contributed by atoms with Crippen molar-refractivity contribution in [3.63, 3.8) is 0 Å². The third kappa shape index (κ3) is 2.77. The third-order valence-electron chi connectivity index (χ3n) is 3.89. The molecule has 5 nitrogen and oxygen atoms in total. The Bertz CT molecular complexity index is 656. The molecule has 112 valence electrons. The number of aromatic nitrogens is 3. The molecule has 1 saturated heterocycles. The van der Waals surface area contributed by atoms with Crippen LogP contribution in [0.15, 0.2) is 24.4 Å². The molecule has 0 aromatic carbocycles. The summed E-state index contributed by atoms with van der Waals surface area (Å²) in [5.74, 6) is 1.10. The highest BCUT2D eigenvalue weighted by atomic mass is 16.2. The van der Waals surface area contributed by atoms with Crippen LogP contribution in [0.25, 0.3) is 5.65 Å². The summed E-state index contributed by atoms with van der Waals surface area (Å²) in [4.78, 5) is 14.6. The fourth-order valence-electron chi connectivity index (χ4n) is 2.98. The minimum Gasteiger partial charge on any atom is -0.332 e. The van der Waals surface area contributed by atoms with Gasteiger partial charge in [-0.05, 0) is 30.4 Å². The topological polar surface area (TPSA) is 50.5 Å². The first-order valence-corrected chi connectivity index (χ1v) is 7.55. The van der Waals surface area contributed by atoms with Crippen LogP contribution < -0.4 is 0 Å². The van der Waals surface area contributed by atoms with E-state index in [1.807, 2.05) is 33.7 Å². The minimum atomic E-state index is 0.0110. The van der Waals surface area contributed by atoms with Crippen LogP contribution in [0.5, 0.6) is 0 Å². The Balaban J connectivity index is 1.89. The van der Waals surface area contributed by atoms with Gasteiger partial charge in [0.1, 0.15) is 0 Å². The summed E-state index contributed by atoms with van der Waals surface area (Å²) in [6, 6.07) is 5.91. The average molecular weight is 286 g/mol. The number of nitrogens with zero attached hydrogens (tertiary/aromatic N) is 4. The number of fused-ring (bicyclic) bond motifs is 1. The first-order chi connectivity index (χ1) is 9.96. The monoisotopic (exact) mass is 286 g/mol. The summed E-state index contributed by atoms with van der Waals surface area (Å²) in [5, 5.41) is 8.53. The lowest BCUT2D eigenvalue weighted by Crippen LogP contribution is -2.33. The molecule has 3 heterocycles. The van der Waals surface area contributed by atoms with E-state index in [0.29, 0.717) is 6.42 Å². The molecule has 1 aliphatic rings. The quantitative estimate of drug-likeness (QED) is 0.853. The molecule has 21 heavy (non-hydrogen) atoms. The lowest BCUT2D eigenvalue weighted by Gasteiger charge is -2.27. The number of rotatable bonds is 2. The zero-order valence-electron chi connectivity index (χ0n) is 12.9. The van der Waals surface area contributed by atoms with E-state index in [1.54, 1.807) is 0 Å². The molecule has 2 aromatic heterocycles. The number of carbonyl (C=O) groups excluding carboxylic acids is 1. The van der Waals surface area contributed by atoms with Gasteiger partial charge in [0, 0.05) is 19.2 Å². The Kier molecular flexibility index (Phi) is 3.43. The SMILES string of the molecule is CC(C)(C)CC(=O)N1CCCC1c1nnc2ccccn12. The van der Waals surface area contributed by atoms with Gasteiger partial charge >= 0.3 is 0 Å². The Hall–Kier alpha value is -1.91. The molecule has 1 aliphatic heterocycles. The standard InChI is InChI=1S/C16H22N4O/c1-16(2,3)11-14(21)19-10-6-7-12(19)15-18-17-13-8-4-5-9-20(13)15/h4-5,8-9,12H,6-7,10-11H2,1-3H3. The second-order valence-electron chi connectivity index (χ2n) is 6.97. The molecular weight excluding hydrogens is 264 g/mol. The first kappa shape index (κ1) is 14.0. The maximum Gasteiger partial charge on any atom is 0.223 e. The highest BCUT2D eigenvalue weighted by molar-refractivity contribution is 5.77. The lowest BCUT2D eigenvalue weighted by atomic mass is 9.91. The van der Waals surface area contributed by atoms with Crippen molar-refractivity contribution in [1.82, 2.24) is 19.5 Å². The van der Waals surface area contributed by atoms with Gasteiger partial charge in [-0.3, -0.25) is 9.20 Å². The normalized spacial score (nSPS) is 19.4. The molecule has 1 unspecified atom stereocenters. The minimum absolute atomic E-state index is 0.0110. The van der Waals surface area contributed by atoms with Crippen LogP contribution in [0.1, 0.15) is 51.9 Å². The molecule has 2 aromatic rings. The second-order valence-corrected chi connectivity index (χ2v) is 6.97. The van der Waals surface area contributed by atoms with Crippen molar-refractivity contribution >= 4 is 11.6 Å². The van der Waals surface area contributed by atoms with Gasteiger partial charge in [-0.25, -0.2) is 0 Å². The second kappa shape index (κ2) is 5.13. The molecule has 0 N–H and O–H groups in total. The maximum atomic E-state index is 12.6. The number of hydrogen-bond acceptors (Lipinski definition) is 3. The zero-order chi connectivity index (χ0) is 15.0. The van der Waals surface area contributed by atoms with E-state index in [2.05, 4.69) is 31.0 Å². The van der Waals surface area contributed by atoms with Crippen molar-refractivity contribution in [2.75, 3.05) is 6.54 Å².